The summed E-state index contributed by atoms with van der Waals surface area (Å²) in [7, 11) is 0. The molecule has 3 unspecified atom stereocenters. The molecule has 6 aliphatic rings. The van der Waals surface area contributed by atoms with E-state index in [0.717, 1.165) is 29.8 Å². The first-order valence-corrected chi connectivity index (χ1v) is 9.60. The second-order valence-electron chi connectivity index (χ2n) is 8.60. The van der Waals surface area contributed by atoms with E-state index in [-0.39, 0.29) is 40.1 Å². The van der Waals surface area contributed by atoms with E-state index in [4.69, 9.17) is 9.73 Å². The third-order valence-corrected chi connectivity index (χ3v) is 7.81. The maximum absolute atomic E-state index is 14.1. The van der Waals surface area contributed by atoms with Crippen LogP contribution in [0.2, 0.25) is 0 Å². The molecule has 0 aromatic heterocycles. The van der Waals surface area contributed by atoms with Crippen LogP contribution in [0.15, 0.2) is 40.9 Å². The van der Waals surface area contributed by atoms with Crippen molar-refractivity contribution in [1.29, 1.82) is 0 Å². The van der Waals surface area contributed by atoms with Crippen molar-refractivity contribution in [3.8, 4) is 0 Å². The Bertz CT molecular complexity index is 922. The number of hydrogen-bond acceptors (Lipinski definition) is 4. The minimum atomic E-state index is -0.383. The maximum atomic E-state index is 14.1. The van der Waals surface area contributed by atoms with Gasteiger partial charge < -0.3 is 14.6 Å². The number of esters is 1. The monoisotopic (exact) mass is 350 g/mol. The molecule has 0 amide bonds. The van der Waals surface area contributed by atoms with E-state index in [9.17, 15) is 10.0 Å². The quantitative estimate of drug-likeness (QED) is 0.338. The molecular formula is C21H22N2O3. The second-order valence-corrected chi connectivity index (χ2v) is 8.60. The first kappa shape index (κ1) is 15.1. The van der Waals surface area contributed by atoms with Crippen LogP contribution >= 0.6 is 0 Å². The molecule has 5 heteroatoms. The van der Waals surface area contributed by atoms with Crippen molar-refractivity contribution in [1.82, 2.24) is 0 Å². The number of nitrogens with zero attached hydrogens (tertiary/aromatic N) is 2. The van der Waals surface area contributed by atoms with Crippen molar-refractivity contribution in [2.45, 2.75) is 50.3 Å². The number of fused-ring (bicyclic) bond motifs is 2. The fourth-order valence-corrected chi connectivity index (χ4v) is 7.06. The number of carbonyl (C=O) groups excluding carboxylic acids is 1. The molecule has 1 aromatic carbocycles. The molecule has 5 heterocycles. The molecule has 0 radical (unpaired) electrons. The third kappa shape index (κ3) is 1.41. The summed E-state index contributed by atoms with van der Waals surface area (Å²) in [5.74, 6) is 0.189. The van der Waals surface area contributed by atoms with E-state index < -0.39 is 0 Å². The lowest BCUT2D eigenvalue weighted by Gasteiger charge is -2.65. The standard InChI is InChI=1S/C21H22N2O3/c1-3-12-10-23(25)16-8-13(12)18-17(23)9-21(20(18)26-11(2)24)14-6-4-5-7-15(14)22-19(16)21/h3-7,13,16-18,20H,8-10H2,1-2H3/b12-3-/t13?,16-,17-,18?,20+,21+,23?/m0/s1. The number of benzene rings is 1. The van der Waals surface area contributed by atoms with E-state index in [1.807, 2.05) is 25.1 Å². The molecule has 5 nitrogen and oxygen atoms in total. The van der Waals surface area contributed by atoms with E-state index >= 15 is 0 Å². The molecule has 7 rings (SSSR count). The third-order valence-electron chi connectivity index (χ3n) is 7.81. The van der Waals surface area contributed by atoms with Gasteiger partial charge in [0.1, 0.15) is 18.7 Å². The highest BCUT2D eigenvalue weighted by molar-refractivity contribution is 6.07. The van der Waals surface area contributed by atoms with Gasteiger partial charge in [0.2, 0.25) is 0 Å². The lowest BCUT2D eigenvalue weighted by atomic mass is 9.66. The lowest BCUT2D eigenvalue weighted by molar-refractivity contribution is -0.934. The van der Waals surface area contributed by atoms with E-state index in [2.05, 4.69) is 12.1 Å². The van der Waals surface area contributed by atoms with Gasteiger partial charge in [0.05, 0.1) is 28.8 Å². The fourth-order valence-electron chi connectivity index (χ4n) is 7.06. The number of allylic oxidation sites excluding steroid dienone is 1. The van der Waals surface area contributed by atoms with Gasteiger partial charge in [0.25, 0.3) is 0 Å². The number of piperidine rings is 4. The van der Waals surface area contributed by atoms with Crippen molar-refractivity contribution < 1.29 is 14.2 Å². The summed E-state index contributed by atoms with van der Waals surface area (Å²) in [5.41, 5.74) is 3.99. The Kier molecular flexibility index (Phi) is 2.59. The highest BCUT2D eigenvalue weighted by atomic mass is 16.6. The number of ether oxygens (including phenoxy) is 1. The van der Waals surface area contributed by atoms with Crippen LogP contribution in [0.4, 0.5) is 5.69 Å². The van der Waals surface area contributed by atoms with Gasteiger partial charge in [-0.2, -0.15) is 0 Å². The van der Waals surface area contributed by atoms with Crippen LogP contribution in [0.25, 0.3) is 0 Å². The average Bonchev–Trinajstić information content (AvgIpc) is 3.08. The molecule has 1 aromatic rings. The van der Waals surface area contributed by atoms with Crippen molar-refractivity contribution in [3.63, 3.8) is 0 Å². The minimum Gasteiger partial charge on any atom is -0.632 e. The number of para-hydroxylation sites is 1. The van der Waals surface area contributed by atoms with Crippen LogP contribution in [0, 0.1) is 17.0 Å². The number of aliphatic imine (C=N–C) groups is 1. The molecule has 1 spiro atoms. The van der Waals surface area contributed by atoms with E-state index in [1.165, 1.54) is 12.5 Å². The zero-order chi connectivity index (χ0) is 17.8. The van der Waals surface area contributed by atoms with Gasteiger partial charge in [-0.3, -0.25) is 9.79 Å². The second kappa shape index (κ2) is 4.46. The summed E-state index contributed by atoms with van der Waals surface area (Å²) in [6, 6.07) is 8.10. The summed E-state index contributed by atoms with van der Waals surface area (Å²) in [6.45, 7) is 4.09. The molecule has 5 fully saturated rings. The fraction of sp³-hybridized carbons (Fsp3) is 0.524. The van der Waals surface area contributed by atoms with Crippen LogP contribution in [-0.4, -0.2) is 41.1 Å². The predicted molar refractivity (Wildman–Crippen MR) is 96.8 cm³/mol. The summed E-state index contributed by atoms with van der Waals surface area (Å²) in [6.07, 6.45) is 3.45. The van der Waals surface area contributed by atoms with Gasteiger partial charge in [0.15, 0.2) is 0 Å². The Balaban J connectivity index is 1.64. The average molecular weight is 350 g/mol. The van der Waals surface area contributed by atoms with Gasteiger partial charge in [-0.15, -0.1) is 0 Å². The SMILES string of the molecule is C/C=C1/C[N+]2([O-])[C@H]3CC1C1[C@@H](OC(C)=O)[C@@]4(C[C@@H]12)C3=Nc1ccccc14. The summed E-state index contributed by atoms with van der Waals surface area (Å²) in [5, 5.41) is 14.1. The number of quaternary nitrogens is 1. The van der Waals surface area contributed by atoms with Crippen molar-refractivity contribution >= 4 is 17.4 Å². The molecule has 5 aliphatic heterocycles. The molecular weight excluding hydrogens is 328 g/mol. The highest BCUT2D eigenvalue weighted by Gasteiger charge is 2.78. The van der Waals surface area contributed by atoms with Crippen molar-refractivity contribution in [3.05, 3.63) is 46.7 Å². The highest BCUT2D eigenvalue weighted by Crippen LogP contribution is 2.68. The predicted octanol–water partition coefficient (Wildman–Crippen LogP) is 3.01. The van der Waals surface area contributed by atoms with Crippen LogP contribution < -0.4 is 0 Å². The lowest BCUT2D eigenvalue weighted by Crippen LogP contribution is -2.73. The van der Waals surface area contributed by atoms with Gasteiger partial charge >= 0.3 is 5.97 Å². The molecule has 0 N–H and O–H groups in total. The van der Waals surface area contributed by atoms with Crippen molar-refractivity contribution in [2.24, 2.45) is 16.8 Å². The van der Waals surface area contributed by atoms with Crippen LogP contribution in [0.1, 0.15) is 32.3 Å². The number of hydrogen-bond donors (Lipinski definition) is 0. The first-order chi connectivity index (χ1) is 12.5. The van der Waals surface area contributed by atoms with Gasteiger partial charge in [0, 0.05) is 25.7 Å². The Morgan fingerprint density at radius 2 is 2.23 bits per heavy atom. The molecule has 4 saturated heterocycles. The smallest absolute Gasteiger partial charge is 0.302 e. The zero-order valence-electron chi connectivity index (χ0n) is 15.0. The molecule has 1 saturated carbocycles. The van der Waals surface area contributed by atoms with Crippen LogP contribution in [-0.2, 0) is 14.9 Å². The Morgan fingerprint density at radius 1 is 1.42 bits per heavy atom. The molecule has 26 heavy (non-hydrogen) atoms. The Labute approximate surface area is 152 Å². The number of carbonyl (C=O) groups is 1. The van der Waals surface area contributed by atoms with E-state index in [0.29, 0.717) is 12.5 Å². The zero-order valence-corrected chi connectivity index (χ0v) is 15.0. The molecule has 5 bridgehead atoms. The van der Waals surface area contributed by atoms with E-state index in [1.54, 1.807) is 0 Å². The van der Waals surface area contributed by atoms with Gasteiger partial charge in [-0.05, 0) is 24.1 Å². The Hall–Kier alpha value is -1.98. The largest absolute Gasteiger partial charge is 0.632 e. The molecule has 1 aliphatic carbocycles. The first-order valence-electron chi connectivity index (χ1n) is 9.60. The van der Waals surface area contributed by atoms with Gasteiger partial charge in [-0.25, -0.2) is 0 Å². The summed E-state index contributed by atoms with van der Waals surface area (Å²) < 4.78 is 5.82. The molecule has 134 valence electrons. The summed E-state index contributed by atoms with van der Waals surface area (Å²) >= 11 is 0. The normalized spacial score (nSPS) is 47.7. The molecule has 7 atom stereocenters. The summed E-state index contributed by atoms with van der Waals surface area (Å²) in [4.78, 5) is 17.0. The number of hydroxylamine groups is 3. The minimum absolute atomic E-state index is 0.0110. The van der Waals surface area contributed by atoms with Crippen molar-refractivity contribution in [2.75, 3.05) is 6.54 Å². The Morgan fingerprint density at radius 3 is 3.00 bits per heavy atom. The number of rotatable bonds is 1. The maximum Gasteiger partial charge on any atom is 0.302 e. The van der Waals surface area contributed by atoms with Gasteiger partial charge in [-0.1, -0.05) is 24.3 Å². The topological polar surface area (TPSA) is 61.7 Å². The van der Waals surface area contributed by atoms with Crippen LogP contribution in [0.3, 0.4) is 0 Å². The van der Waals surface area contributed by atoms with Crippen LogP contribution in [0.5, 0.6) is 0 Å².